The molecule has 0 atom stereocenters. The third-order valence-electron chi connectivity index (χ3n) is 2.67. The molecule has 2 aromatic rings. The van der Waals surface area contributed by atoms with Crippen LogP contribution < -0.4 is 10.1 Å². The predicted octanol–water partition coefficient (Wildman–Crippen LogP) is 3.78. The first kappa shape index (κ1) is 14.0. The molecule has 0 aliphatic rings. The van der Waals surface area contributed by atoms with Gasteiger partial charge in [0.25, 0.3) is 5.91 Å². The molecule has 0 unspecified atom stereocenters. The Hall–Kier alpha value is -1.40. The van der Waals surface area contributed by atoms with E-state index in [4.69, 9.17) is 4.74 Å². The highest BCUT2D eigenvalue weighted by molar-refractivity contribution is 9.10. The SMILES string of the molecule is COc1ccc(Br)c(C(=O)Nc2nc(C)c(C)s2)c1. The number of amides is 1. The summed E-state index contributed by atoms with van der Waals surface area (Å²) in [5, 5.41) is 3.40. The number of rotatable bonds is 3. The summed E-state index contributed by atoms with van der Waals surface area (Å²) >= 11 is 4.82. The standard InChI is InChI=1S/C13H13BrN2O2S/c1-7-8(2)19-13(15-7)16-12(17)10-6-9(18-3)4-5-11(10)14/h4-6H,1-3H3,(H,15,16,17). The average molecular weight is 341 g/mol. The summed E-state index contributed by atoms with van der Waals surface area (Å²) in [6, 6.07) is 5.26. The Morgan fingerprint density at radius 2 is 2.16 bits per heavy atom. The number of thiazole rings is 1. The lowest BCUT2D eigenvalue weighted by atomic mass is 10.2. The Bertz CT molecular complexity index is 606. The van der Waals surface area contributed by atoms with Crippen LogP contribution in [0.15, 0.2) is 22.7 Å². The summed E-state index contributed by atoms with van der Waals surface area (Å²) < 4.78 is 5.84. The molecule has 0 spiro atoms. The minimum Gasteiger partial charge on any atom is -0.497 e. The van der Waals surface area contributed by atoms with Gasteiger partial charge in [-0.2, -0.15) is 0 Å². The number of aromatic nitrogens is 1. The zero-order valence-corrected chi connectivity index (χ0v) is 13.2. The van der Waals surface area contributed by atoms with Crippen molar-refractivity contribution in [1.29, 1.82) is 0 Å². The minimum atomic E-state index is -0.209. The third kappa shape index (κ3) is 3.13. The van der Waals surface area contributed by atoms with Gasteiger partial charge in [0.15, 0.2) is 5.13 Å². The van der Waals surface area contributed by atoms with E-state index in [1.807, 2.05) is 13.8 Å². The summed E-state index contributed by atoms with van der Waals surface area (Å²) in [4.78, 5) is 17.6. The van der Waals surface area contributed by atoms with E-state index < -0.39 is 0 Å². The van der Waals surface area contributed by atoms with Crippen molar-refractivity contribution in [2.45, 2.75) is 13.8 Å². The molecule has 4 nitrogen and oxygen atoms in total. The van der Waals surface area contributed by atoms with Gasteiger partial charge in [-0.3, -0.25) is 10.1 Å². The highest BCUT2D eigenvalue weighted by Gasteiger charge is 2.14. The normalized spacial score (nSPS) is 10.3. The Balaban J connectivity index is 2.24. The molecule has 0 fully saturated rings. The van der Waals surface area contributed by atoms with Crippen LogP contribution in [0.1, 0.15) is 20.9 Å². The van der Waals surface area contributed by atoms with Crippen LogP contribution in [0.3, 0.4) is 0 Å². The van der Waals surface area contributed by atoms with E-state index in [1.165, 1.54) is 11.3 Å². The van der Waals surface area contributed by atoms with Gasteiger partial charge in [-0.25, -0.2) is 4.98 Å². The number of nitrogens with zero attached hydrogens (tertiary/aromatic N) is 1. The Kier molecular flexibility index (Phi) is 4.21. The zero-order chi connectivity index (χ0) is 14.0. The van der Waals surface area contributed by atoms with Gasteiger partial charge in [0, 0.05) is 9.35 Å². The second-order valence-electron chi connectivity index (χ2n) is 3.96. The number of methoxy groups -OCH3 is 1. The fourth-order valence-electron chi connectivity index (χ4n) is 1.50. The van der Waals surface area contributed by atoms with Crippen LogP contribution in [0, 0.1) is 13.8 Å². The molecule has 6 heteroatoms. The van der Waals surface area contributed by atoms with Crippen molar-refractivity contribution >= 4 is 38.3 Å². The lowest BCUT2D eigenvalue weighted by Crippen LogP contribution is -2.12. The zero-order valence-electron chi connectivity index (χ0n) is 10.8. The molecule has 1 N–H and O–H groups in total. The highest BCUT2D eigenvalue weighted by Crippen LogP contribution is 2.25. The van der Waals surface area contributed by atoms with Crippen molar-refractivity contribution in [3.8, 4) is 5.75 Å². The number of anilines is 1. The number of nitrogens with one attached hydrogen (secondary N) is 1. The van der Waals surface area contributed by atoms with Crippen molar-refractivity contribution in [2.75, 3.05) is 12.4 Å². The fourth-order valence-corrected chi connectivity index (χ4v) is 2.73. The lowest BCUT2D eigenvalue weighted by Gasteiger charge is -2.06. The Labute approximate surface area is 124 Å². The molecule has 1 aromatic heterocycles. The van der Waals surface area contributed by atoms with Gasteiger partial charge in [0.05, 0.1) is 18.4 Å². The average Bonchev–Trinajstić information content (AvgIpc) is 2.68. The fraction of sp³-hybridized carbons (Fsp3) is 0.231. The molecule has 2 rings (SSSR count). The molecule has 0 aliphatic carbocycles. The Morgan fingerprint density at radius 1 is 1.42 bits per heavy atom. The summed E-state index contributed by atoms with van der Waals surface area (Å²) in [5.41, 5.74) is 1.45. The van der Waals surface area contributed by atoms with E-state index in [2.05, 4.69) is 26.2 Å². The second kappa shape index (κ2) is 5.71. The summed E-state index contributed by atoms with van der Waals surface area (Å²) in [6.07, 6.45) is 0. The van der Waals surface area contributed by atoms with Gasteiger partial charge in [-0.1, -0.05) is 0 Å². The first-order valence-corrected chi connectivity index (χ1v) is 7.21. The number of aryl methyl sites for hydroxylation is 2. The number of benzene rings is 1. The van der Waals surface area contributed by atoms with Crippen LogP contribution in [0.4, 0.5) is 5.13 Å². The maximum atomic E-state index is 12.2. The van der Waals surface area contributed by atoms with Gasteiger partial charge in [-0.15, -0.1) is 11.3 Å². The first-order chi connectivity index (χ1) is 9.01. The smallest absolute Gasteiger partial charge is 0.258 e. The van der Waals surface area contributed by atoms with E-state index in [9.17, 15) is 4.79 Å². The highest BCUT2D eigenvalue weighted by atomic mass is 79.9. The number of halogens is 1. The summed E-state index contributed by atoms with van der Waals surface area (Å²) in [7, 11) is 1.57. The van der Waals surface area contributed by atoms with Crippen molar-refractivity contribution in [1.82, 2.24) is 4.98 Å². The van der Waals surface area contributed by atoms with Gasteiger partial charge in [0.2, 0.25) is 0 Å². The minimum absolute atomic E-state index is 0.209. The molecule has 1 heterocycles. The number of carbonyl (C=O) groups is 1. The molecule has 100 valence electrons. The quantitative estimate of drug-likeness (QED) is 0.924. The number of ether oxygens (including phenoxy) is 1. The van der Waals surface area contributed by atoms with Crippen LogP contribution >= 0.6 is 27.3 Å². The molecule has 19 heavy (non-hydrogen) atoms. The largest absolute Gasteiger partial charge is 0.497 e. The van der Waals surface area contributed by atoms with Gasteiger partial charge < -0.3 is 4.74 Å². The van der Waals surface area contributed by atoms with Gasteiger partial charge >= 0.3 is 0 Å². The molecule has 0 radical (unpaired) electrons. The van der Waals surface area contributed by atoms with Crippen LogP contribution in [0.25, 0.3) is 0 Å². The molecule has 0 bridgehead atoms. The summed E-state index contributed by atoms with van der Waals surface area (Å²) in [5.74, 6) is 0.430. The first-order valence-electron chi connectivity index (χ1n) is 5.60. The van der Waals surface area contributed by atoms with Crippen molar-refractivity contribution in [2.24, 2.45) is 0 Å². The van der Waals surface area contributed by atoms with E-state index in [0.717, 1.165) is 15.0 Å². The van der Waals surface area contributed by atoms with E-state index in [0.29, 0.717) is 16.4 Å². The maximum absolute atomic E-state index is 12.2. The maximum Gasteiger partial charge on any atom is 0.258 e. The molecule has 0 saturated heterocycles. The summed E-state index contributed by atoms with van der Waals surface area (Å²) in [6.45, 7) is 3.90. The lowest BCUT2D eigenvalue weighted by molar-refractivity contribution is 0.102. The number of hydrogen-bond acceptors (Lipinski definition) is 4. The second-order valence-corrected chi connectivity index (χ2v) is 6.02. The van der Waals surface area contributed by atoms with Crippen molar-refractivity contribution < 1.29 is 9.53 Å². The van der Waals surface area contributed by atoms with E-state index in [-0.39, 0.29) is 5.91 Å². The van der Waals surface area contributed by atoms with E-state index in [1.54, 1.807) is 25.3 Å². The molecule has 1 aromatic carbocycles. The number of hydrogen-bond donors (Lipinski definition) is 1. The van der Waals surface area contributed by atoms with Gasteiger partial charge in [-0.05, 0) is 48.0 Å². The van der Waals surface area contributed by atoms with Crippen LogP contribution in [0.5, 0.6) is 5.75 Å². The van der Waals surface area contributed by atoms with Crippen LogP contribution in [-0.4, -0.2) is 18.0 Å². The van der Waals surface area contributed by atoms with Crippen LogP contribution in [-0.2, 0) is 0 Å². The van der Waals surface area contributed by atoms with Crippen molar-refractivity contribution in [3.05, 3.63) is 38.8 Å². The topological polar surface area (TPSA) is 51.2 Å². The van der Waals surface area contributed by atoms with Gasteiger partial charge in [0.1, 0.15) is 5.75 Å². The monoisotopic (exact) mass is 340 g/mol. The van der Waals surface area contributed by atoms with E-state index >= 15 is 0 Å². The molecular weight excluding hydrogens is 328 g/mol. The molecular formula is C13H13BrN2O2S. The Morgan fingerprint density at radius 3 is 2.74 bits per heavy atom. The number of carbonyl (C=O) groups excluding carboxylic acids is 1. The molecule has 0 saturated carbocycles. The van der Waals surface area contributed by atoms with Crippen LogP contribution in [0.2, 0.25) is 0 Å². The molecule has 1 amide bonds. The predicted molar refractivity (Wildman–Crippen MR) is 80.2 cm³/mol. The van der Waals surface area contributed by atoms with Crippen molar-refractivity contribution in [3.63, 3.8) is 0 Å². The third-order valence-corrected chi connectivity index (χ3v) is 4.35. The molecule has 0 aliphatic heterocycles.